The highest BCUT2D eigenvalue weighted by atomic mass is 16.5. The van der Waals surface area contributed by atoms with E-state index >= 15 is 0 Å². The Labute approximate surface area is 119 Å². The molecule has 1 aliphatic heterocycles. The SMILES string of the molecule is CCCCCN1C(=O)C(CC)Oc2ccc(C=O)cc21. The zero-order valence-electron chi connectivity index (χ0n) is 12.1. The minimum absolute atomic E-state index is 0.000785. The van der Waals surface area contributed by atoms with Gasteiger partial charge in [-0.1, -0.05) is 26.7 Å². The second-order valence-electron chi connectivity index (χ2n) is 5.06. The van der Waals surface area contributed by atoms with Gasteiger partial charge >= 0.3 is 0 Å². The number of aldehydes is 1. The molecule has 2 rings (SSSR count). The van der Waals surface area contributed by atoms with Crippen LogP contribution in [0.1, 0.15) is 49.9 Å². The summed E-state index contributed by atoms with van der Waals surface area (Å²) in [5.74, 6) is 0.692. The number of nitrogens with zero attached hydrogens (tertiary/aromatic N) is 1. The summed E-state index contributed by atoms with van der Waals surface area (Å²) in [6.45, 7) is 4.76. The van der Waals surface area contributed by atoms with Crippen molar-refractivity contribution in [1.29, 1.82) is 0 Å². The third-order valence-electron chi connectivity index (χ3n) is 3.58. The van der Waals surface area contributed by atoms with Crippen LogP contribution in [-0.2, 0) is 4.79 Å². The molecule has 1 aliphatic rings. The summed E-state index contributed by atoms with van der Waals surface area (Å²) in [7, 11) is 0. The maximum Gasteiger partial charge on any atom is 0.268 e. The lowest BCUT2D eigenvalue weighted by atomic mass is 10.1. The van der Waals surface area contributed by atoms with Crippen molar-refractivity contribution in [3.63, 3.8) is 0 Å². The van der Waals surface area contributed by atoms with Crippen molar-refractivity contribution in [2.24, 2.45) is 0 Å². The van der Waals surface area contributed by atoms with Crippen molar-refractivity contribution in [1.82, 2.24) is 0 Å². The fourth-order valence-corrected chi connectivity index (χ4v) is 2.42. The van der Waals surface area contributed by atoms with Gasteiger partial charge in [0.25, 0.3) is 5.91 Å². The molecule has 0 radical (unpaired) electrons. The third-order valence-corrected chi connectivity index (χ3v) is 3.58. The molecule has 1 amide bonds. The number of benzene rings is 1. The molecule has 0 aliphatic carbocycles. The molecule has 108 valence electrons. The average molecular weight is 275 g/mol. The summed E-state index contributed by atoms with van der Waals surface area (Å²) < 4.78 is 5.72. The summed E-state index contributed by atoms with van der Waals surface area (Å²) in [5, 5.41) is 0. The first-order valence-corrected chi connectivity index (χ1v) is 7.28. The summed E-state index contributed by atoms with van der Waals surface area (Å²) in [6.07, 6.45) is 4.19. The molecule has 1 unspecified atom stereocenters. The van der Waals surface area contributed by atoms with Gasteiger partial charge in [-0.3, -0.25) is 9.59 Å². The van der Waals surface area contributed by atoms with E-state index in [4.69, 9.17) is 4.74 Å². The van der Waals surface area contributed by atoms with Crippen molar-refractivity contribution in [3.8, 4) is 5.75 Å². The summed E-state index contributed by atoms with van der Waals surface area (Å²) in [5.41, 5.74) is 1.29. The molecule has 0 fully saturated rings. The predicted octanol–water partition coefficient (Wildman–Crippen LogP) is 3.19. The standard InChI is InChI=1S/C16H21NO3/c1-3-5-6-9-17-13-10-12(11-18)7-8-15(13)20-14(4-2)16(17)19/h7-8,10-11,14H,3-6,9H2,1-2H3. The lowest BCUT2D eigenvalue weighted by molar-refractivity contribution is -0.126. The van der Waals surface area contributed by atoms with E-state index in [1.807, 2.05) is 6.92 Å². The fraction of sp³-hybridized carbons (Fsp3) is 0.500. The number of ether oxygens (including phenoxy) is 1. The van der Waals surface area contributed by atoms with Gasteiger partial charge in [0.1, 0.15) is 12.0 Å². The monoisotopic (exact) mass is 275 g/mol. The minimum atomic E-state index is -0.411. The Morgan fingerprint density at radius 1 is 1.30 bits per heavy atom. The lowest BCUT2D eigenvalue weighted by Crippen LogP contribution is -2.46. The summed E-state index contributed by atoms with van der Waals surface area (Å²) in [4.78, 5) is 25.1. The normalized spacial score (nSPS) is 17.6. The summed E-state index contributed by atoms with van der Waals surface area (Å²) in [6, 6.07) is 5.23. The minimum Gasteiger partial charge on any atom is -0.478 e. The van der Waals surface area contributed by atoms with Crippen molar-refractivity contribution < 1.29 is 14.3 Å². The zero-order valence-corrected chi connectivity index (χ0v) is 12.1. The predicted molar refractivity (Wildman–Crippen MR) is 78.4 cm³/mol. The number of hydrogen-bond donors (Lipinski definition) is 0. The van der Waals surface area contributed by atoms with E-state index in [2.05, 4.69) is 6.92 Å². The molecule has 0 N–H and O–H groups in total. The first-order chi connectivity index (χ1) is 9.71. The molecular weight excluding hydrogens is 254 g/mol. The molecule has 1 aromatic carbocycles. The second-order valence-corrected chi connectivity index (χ2v) is 5.06. The number of amides is 1. The highest BCUT2D eigenvalue weighted by Crippen LogP contribution is 2.35. The van der Waals surface area contributed by atoms with E-state index < -0.39 is 6.10 Å². The largest absolute Gasteiger partial charge is 0.478 e. The molecule has 0 saturated carbocycles. The highest BCUT2D eigenvalue weighted by Gasteiger charge is 2.32. The quantitative estimate of drug-likeness (QED) is 0.591. The first kappa shape index (κ1) is 14.6. The third kappa shape index (κ3) is 2.84. The Bertz CT molecular complexity index is 498. The number of unbranched alkanes of at least 4 members (excludes halogenated alkanes) is 2. The van der Waals surface area contributed by atoms with Crippen molar-refractivity contribution in [2.45, 2.75) is 45.6 Å². The molecule has 1 atom stereocenters. The number of anilines is 1. The molecule has 1 heterocycles. The van der Waals surface area contributed by atoms with Gasteiger partial charge in [0, 0.05) is 12.1 Å². The number of carbonyl (C=O) groups excluding carboxylic acids is 2. The highest BCUT2D eigenvalue weighted by molar-refractivity contribution is 6.00. The number of fused-ring (bicyclic) bond motifs is 1. The molecule has 4 heteroatoms. The fourth-order valence-electron chi connectivity index (χ4n) is 2.42. The second kappa shape index (κ2) is 6.55. The zero-order chi connectivity index (χ0) is 14.5. The summed E-state index contributed by atoms with van der Waals surface area (Å²) >= 11 is 0. The van der Waals surface area contributed by atoms with Gasteiger partial charge in [-0.2, -0.15) is 0 Å². The molecule has 0 bridgehead atoms. The number of hydrogen-bond acceptors (Lipinski definition) is 3. The lowest BCUT2D eigenvalue weighted by Gasteiger charge is -2.34. The average Bonchev–Trinajstić information content (AvgIpc) is 2.48. The van der Waals surface area contributed by atoms with Crippen molar-refractivity contribution >= 4 is 17.9 Å². The first-order valence-electron chi connectivity index (χ1n) is 7.28. The molecule has 0 spiro atoms. The molecule has 4 nitrogen and oxygen atoms in total. The van der Waals surface area contributed by atoms with Gasteiger partial charge in [-0.15, -0.1) is 0 Å². The molecule has 0 aromatic heterocycles. The Balaban J connectivity index is 2.31. The van der Waals surface area contributed by atoms with E-state index in [0.717, 1.165) is 31.2 Å². The molecule has 20 heavy (non-hydrogen) atoms. The molecule has 1 aromatic rings. The van der Waals surface area contributed by atoms with E-state index in [0.29, 0.717) is 24.3 Å². The van der Waals surface area contributed by atoms with Gasteiger partial charge in [0.2, 0.25) is 0 Å². The van der Waals surface area contributed by atoms with Crippen LogP contribution in [0.4, 0.5) is 5.69 Å². The van der Waals surface area contributed by atoms with Crippen molar-refractivity contribution in [2.75, 3.05) is 11.4 Å². The van der Waals surface area contributed by atoms with Crippen LogP contribution in [0.3, 0.4) is 0 Å². The van der Waals surface area contributed by atoms with Gasteiger partial charge in [-0.05, 0) is 31.0 Å². The van der Waals surface area contributed by atoms with Crippen LogP contribution in [0.5, 0.6) is 5.75 Å². The topological polar surface area (TPSA) is 46.6 Å². The smallest absolute Gasteiger partial charge is 0.268 e. The van der Waals surface area contributed by atoms with Gasteiger partial charge < -0.3 is 9.64 Å². The van der Waals surface area contributed by atoms with Crippen LogP contribution < -0.4 is 9.64 Å². The van der Waals surface area contributed by atoms with Crippen molar-refractivity contribution in [3.05, 3.63) is 23.8 Å². The molecule has 0 saturated heterocycles. The Morgan fingerprint density at radius 2 is 2.10 bits per heavy atom. The van der Waals surface area contributed by atoms with E-state index in [9.17, 15) is 9.59 Å². The maximum absolute atomic E-state index is 12.4. The number of rotatable bonds is 6. The van der Waals surface area contributed by atoms with Crippen LogP contribution in [0, 0.1) is 0 Å². The Kier molecular flexibility index (Phi) is 4.77. The van der Waals surface area contributed by atoms with Crippen LogP contribution in [0.2, 0.25) is 0 Å². The van der Waals surface area contributed by atoms with E-state index in [-0.39, 0.29) is 5.91 Å². The van der Waals surface area contributed by atoms with Gasteiger partial charge in [0.05, 0.1) is 5.69 Å². The van der Waals surface area contributed by atoms with Crippen LogP contribution in [0.25, 0.3) is 0 Å². The Morgan fingerprint density at radius 3 is 2.75 bits per heavy atom. The van der Waals surface area contributed by atoms with Gasteiger partial charge in [0.15, 0.2) is 6.10 Å². The number of carbonyl (C=O) groups is 2. The van der Waals surface area contributed by atoms with Crippen LogP contribution in [0.15, 0.2) is 18.2 Å². The Hall–Kier alpha value is -1.84. The van der Waals surface area contributed by atoms with Crippen LogP contribution in [-0.4, -0.2) is 24.8 Å². The van der Waals surface area contributed by atoms with E-state index in [1.54, 1.807) is 23.1 Å². The molecular formula is C16H21NO3. The van der Waals surface area contributed by atoms with Crippen LogP contribution >= 0.6 is 0 Å². The van der Waals surface area contributed by atoms with Gasteiger partial charge in [-0.25, -0.2) is 0 Å². The van der Waals surface area contributed by atoms with E-state index in [1.165, 1.54) is 0 Å². The maximum atomic E-state index is 12.4.